The summed E-state index contributed by atoms with van der Waals surface area (Å²) in [5.74, 6) is 0. The molecule has 0 aliphatic heterocycles. The molecule has 0 heteroatoms. The predicted octanol–water partition coefficient (Wildman–Crippen LogP) is 3.71. The van der Waals surface area contributed by atoms with E-state index in [1.807, 2.05) is 12.2 Å². The van der Waals surface area contributed by atoms with Gasteiger partial charge in [-0.3, -0.25) is 0 Å². The molecule has 0 spiro atoms. The van der Waals surface area contributed by atoms with Gasteiger partial charge in [0.25, 0.3) is 0 Å². The van der Waals surface area contributed by atoms with Crippen molar-refractivity contribution < 1.29 is 0 Å². The topological polar surface area (TPSA) is 0 Å². The number of aryl methyl sites for hydroxylation is 1. The lowest BCUT2D eigenvalue weighted by Crippen LogP contribution is -1.91. The highest BCUT2D eigenvalue weighted by molar-refractivity contribution is 5.32. The molecule has 1 rings (SSSR count). The second-order valence-electron chi connectivity index (χ2n) is 3.50. The van der Waals surface area contributed by atoms with Gasteiger partial charge in [0, 0.05) is 0 Å². The molecule has 14 heavy (non-hydrogen) atoms. The zero-order chi connectivity index (χ0) is 10.4. The Labute approximate surface area is 87.0 Å². The van der Waals surface area contributed by atoms with E-state index in [0.717, 1.165) is 19.3 Å². The van der Waals surface area contributed by atoms with Gasteiger partial charge in [0.05, 0.1) is 0 Å². The molecule has 0 heterocycles. The van der Waals surface area contributed by atoms with Crippen LogP contribution in [0.5, 0.6) is 0 Å². The monoisotopic (exact) mass is 186 g/mol. The van der Waals surface area contributed by atoms with Crippen LogP contribution in [0.15, 0.2) is 43.5 Å². The van der Waals surface area contributed by atoms with E-state index in [9.17, 15) is 0 Å². The van der Waals surface area contributed by atoms with Gasteiger partial charge in [0.1, 0.15) is 0 Å². The molecule has 0 saturated carbocycles. The minimum Gasteiger partial charge on any atom is -0.103 e. The molecule has 0 aliphatic carbocycles. The summed E-state index contributed by atoms with van der Waals surface area (Å²) in [6.45, 7) is 9.72. The van der Waals surface area contributed by atoms with Crippen LogP contribution >= 0.6 is 0 Å². The van der Waals surface area contributed by atoms with Crippen molar-refractivity contribution in [3.63, 3.8) is 0 Å². The van der Waals surface area contributed by atoms with E-state index in [4.69, 9.17) is 0 Å². The van der Waals surface area contributed by atoms with Crippen LogP contribution in [0.25, 0.3) is 0 Å². The van der Waals surface area contributed by atoms with Gasteiger partial charge in [0.2, 0.25) is 0 Å². The van der Waals surface area contributed by atoms with Crippen LogP contribution in [0.2, 0.25) is 0 Å². The fourth-order valence-corrected chi connectivity index (χ4v) is 1.61. The van der Waals surface area contributed by atoms with Gasteiger partial charge >= 0.3 is 0 Å². The first-order valence-corrected chi connectivity index (χ1v) is 5.13. The number of hydrogen-bond donors (Lipinski definition) is 0. The molecular formula is C14H18. The normalized spacial score (nSPS) is 9.79. The summed E-state index contributed by atoms with van der Waals surface area (Å²) in [5.41, 5.74) is 4.12. The van der Waals surface area contributed by atoms with E-state index >= 15 is 0 Å². The maximum absolute atomic E-state index is 3.77. The Morgan fingerprint density at radius 2 is 1.36 bits per heavy atom. The maximum atomic E-state index is 3.77. The first-order chi connectivity index (χ1) is 6.80. The van der Waals surface area contributed by atoms with Gasteiger partial charge in [-0.25, -0.2) is 0 Å². The van der Waals surface area contributed by atoms with Crippen LogP contribution in [-0.4, -0.2) is 0 Å². The lowest BCUT2D eigenvalue weighted by molar-refractivity contribution is 1.09. The smallest absolute Gasteiger partial charge is 0.00999 e. The summed E-state index contributed by atoms with van der Waals surface area (Å²) < 4.78 is 0. The second kappa shape index (κ2) is 5.43. The average Bonchev–Trinajstić information content (AvgIpc) is 2.18. The molecule has 0 radical (unpaired) electrons. The van der Waals surface area contributed by atoms with Crippen LogP contribution in [0, 0.1) is 0 Å². The van der Waals surface area contributed by atoms with Crippen LogP contribution in [0.3, 0.4) is 0 Å². The highest BCUT2D eigenvalue weighted by Crippen LogP contribution is 2.13. The zero-order valence-corrected chi connectivity index (χ0v) is 8.92. The Kier molecular flexibility index (Phi) is 4.18. The Bertz CT molecular complexity index is 293. The van der Waals surface area contributed by atoms with E-state index in [1.165, 1.54) is 16.7 Å². The largest absolute Gasteiger partial charge is 0.103 e. The maximum Gasteiger partial charge on any atom is -0.00999 e. The van der Waals surface area contributed by atoms with Crippen molar-refractivity contribution in [2.24, 2.45) is 0 Å². The van der Waals surface area contributed by atoms with Gasteiger partial charge < -0.3 is 0 Å². The molecule has 0 unspecified atom stereocenters. The molecule has 0 amide bonds. The number of allylic oxidation sites excluding steroid dienone is 2. The molecule has 0 aromatic heterocycles. The van der Waals surface area contributed by atoms with E-state index in [2.05, 4.69) is 38.3 Å². The molecular weight excluding hydrogens is 168 g/mol. The van der Waals surface area contributed by atoms with Gasteiger partial charge in [-0.1, -0.05) is 37.3 Å². The van der Waals surface area contributed by atoms with E-state index in [-0.39, 0.29) is 0 Å². The van der Waals surface area contributed by atoms with Crippen LogP contribution < -0.4 is 0 Å². The summed E-state index contributed by atoms with van der Waals surface area (Å²) in [4.78, 5) is 0. The van der Waals surface area contributed by atoms with Crippen LogP contribution in [0.1, 0.15) is 23.6 Å². The van der Waals surface area contributed by atoms with E-state index < -0.39 is 0 Å². The summed E-state index contributed by atoms with van der Waals surface area (Å²) in [7, 11) is 0. The van der Waals surface area contributed by atoms with Gasteiger partial charge in [-0.05, 0) is 36.0 Å². The molecule has 0 N–H and O–H groups in total. The minimum absolute atomic E-state index is 0.956. The molecule has 0 saturated heterocycles. The van der Waals surface area contributed by atoms with Gasteiger partial charge in [-0.15, -0.1) is 13.2 Å². The summed E-state index contributed by atoms with van der Waals surface area (Å²) in [6, 6.07) is 6.76. The Morgan fingerprint density at radius 1 is 0.929 bits per heavy atom. The lowest BCUT2D eigenvalue weighted by atomic mass is 10.0. The molecule has 74 valence electrons. The van der Waals surface area contributed by atoms with Crippen molar-refractivity contribution in [1.29, 1.82) is 0 Å². The zero-order valence-electron chi connectivity index (χ0n) is 8.92. The summed E-state index contributed by atoms with van der Waals surface area (Å²) in [6.07, 6.45) is 6.91. The number of benzene rings is 1. The Morgan fingerprint density at radius 3 is 1.71 bits per heavy atom. The van der Waals surface area contributed by atoms with Crippen molar-refractivity contribution in [1.82, 2.24) is 0 Å². The number of rotatable bonds is 5. The van der Waals surface area contributed by atoms with Crippen LogP contribution in [-0.2, 0) is 19.3 Å². The Hall–Kier alpha value is -1.30. The SMILES string of the molecule is C=CCc1cc(CC)cc(CC=C)c1. The Balaban J connectivity index is 2.99. The third-order valence-electron chi connectivity index (χ3n) is 2.28. The van der Waals surface area contributed by atoms with E-state index in [1.54, 1.807) is 0 Å². The fourth-order valence-electron chi connectivity index (χ4n) is 1.61. The first-order valence-electron chi connectivity index (χ1n) is 5.13. The summed E-state index contributed by atoms with van der Waals surface area (Å²) in [5, 5.41) is 0. The molecule has 0 aliphatic rings. The average molecular weight is 186 g/mol. The van der Waals surface area contributed by atoms with Crippen molar-refractivity contribution in [2.75, 3.05) is 0 Å². The molecule has 0 nitrogen and oxygen atoms in total. The lowest BCUT2D eigenvalue weighted by Gasteiger charge is -2.05. The quantitative estimate of drug-likeness (QED) is 0.615. The fraction of sp³-hybridized carbons (Fsp3) is 0.286. The van der Waals surface area contributed by atoms with Gasteiger partial charge in [0.15, 0.2) is 0 Å². The third kappa shape index (κ3) is 2.88. The number of hydrogen-bond acceptors (Lipinski definition) is 0. The molecule has 1 aromatic rings. The minimum atomic E-state index is 0.956. The van der Waals surface area contributed by atoms with Crippen molar-refractivity contribution in [3.8, 4) is 0 Å². The van der Waals surface area contributed by atoms with Crippen molar-refractivity contribution >= 4 is 0 Å². The summed E-state index contributed by atoms with van der Waals surface area (Å²) >= 11 is 0. The highest BCUT2D eigenvalue weighted by Gasteiger charge is 1.97. The van der Waals surface area contributed by atoms with E-state index in [0.29, 0.717) is 0 Å². The first kappa shape index (κ1) is 10.8. The highest BCUT2D eigenvalue weighted by atomic mass is 14.0. The second-order valence-corrected chi connectivity index (χ2v) is 3.50. The van der Waals surface area contributed by atoms with Crippen LogP contribution in [0.4, 0.5) is 0 Å². The molecule has 0 atom stereocenters. The third-order valence-corrected chi connectivity index (χ3v) is 2.28. The standard InChI is InChI=1S/C14H18/c1-4-7-13-9-12(6-3)10-14(11-13)8-5-2/h4-5,9-11H,1-2,6-8H2,3H3. The van der Waals surface area contributed by atoms with Gasteiger partial charge in [-0.2, -0.15) is 0 Å². The molecule has 0 fully saturated rings. The van der Waals surface area contributed by atoms with Crippen molar-refractivity contribution in [2.45, 2.75) is 26.2 Å². The predicted molar refractivity (Wildman–Crippen MR) is 63.6 cm³/mol. The molecule has 1 aromatic carbocycles. The van der Waals surface area contributed by atoms with Crippen molar-refractivity contribution in [3.05, 3.63) is 60.2 Å². The molecule has 0 bridgehead atoms.